The first-order chi connectivity index (χ1) is 10.2. The number of rotatable bonds is 6. The van der Waals surface area contributed by atoms with Crippen LogP contribution in [0.5, 0.6) is 0 Å². The molecule has 1 aromatic rings. The lowest BCUT2D eigenvalue weighted by Crippen LogP contribution is -2.37. The van der Waals surface area contributed by atoms with Gasteiger partial charge in [-0.2, -0.15) is 0 Å². The number of anilines is 1. The quantitative estimate of drug-likeness (QED) is 0.842. The van der Waals surface area contributed by atoms with Crippen molar-refractivity contribution in [2.75, 3.05) is 31.1 Å². The van der Waals surface area contributed by atoms with Crippen LogP contribution in [0.15, 0.2) is 18.2 Å². The van der Waals surface area contributed by atoms with Gasteiger partial charge < -0.3 is 15.3 Å². The zero-order chi connectivity index (χ0) is 15.2. The van der Waals surface area contributed by atoms with Crippen molar-refractivity contribution < 1.29 is 5.11 Å². The minimum Gasteiger partial charge on any atom is -0.396 e. The van der Waals surface area contributed by atoms with Crippen molar-refractivity contribution in [3.05, 3.63) is 28.8 Å². The Morgan fingerprint density at radius 2 is 2.29 bits per heavy atom. The summed E-state index contributed by atoms with van der Waals surface area (Å²) in [6, 6.07) is 6.69. The van der Waals surface area contributed by atoms with Crippen LogP contribution in [0.25, 0.3) is 0 Å². The standard InChI is InChI=1S/C17H27ClN2O/c1-3-8-19-13(2)15-6-7-17(16(18)10-15)20-9-4-5-14(11-20)12-21/h6-7,10,13-14,19,21H,3-5,8-9,11-12H2,1-2H3. The molecule has 1 saturated heterocycles. The van der Waals surface area contributed by atoms with Gasteiger partial charge in [-0.1, -0.05) is 24.6 Å². The molecule has 2 atom stereocenters. The van der Waals surface area contributed by atoms with Gasteiger partial charge in [0.15, 0.2) is 0 Å². The van der Waals surface area contributed by atoms with E-state index in [0.29, 0.717) is 12.0 Å². The van der Waals surface area contributed by atoms with Gasteiger partial charge in [0.05, 0.1) is 10.7 Å². The fourth-order valence-corrected chi connectivity index (χ4v) is 3.27. The Bertz CT molecular complexity index is 452. The second-order valence-electron chi connectivity index (χ2n) is 6.02. The maximum Gasteiger partial charge on any atom is 0.0642 e. The van der Waals surface area contributed by atoms with E-state index >= 15 is 0 Å². The highest BCUT2D eigenvalue weighted by Crippen LogP contribution is 2.32. The summed E-state index contributed by atoms with van der Waals surface area (Å²) in [5.41, 5.74) is 2.33. The van der Waals surface area contributed by atoms with Crippen molar-refractivity contribution in [2.45, 2.75) is 39.2 Å². The van der Waals surface area contributed by atoms with Gasteiger partial charge in [0.25, 0.3) is 0 Å². The Morgan fingerprint density at radius 1 is 1.48 bits per heavy atom. The van der Waals surface area contributed by atoms with Crippen molar-refractivity contribution in [1.29, 1.82) is 0 Å². The number of aliphatic hydroxyl groups is 1. The van der Waals surface area contributed by atoms with E-state index in [1.54, 1.807) is 0 Å². The minimum atomic E-state index is 0.268. The molecule has 0 bridgehead atoms. The first kappa shape index (κ1) is 16.6. The van der Waals surface area contributed by atoms with Gasteiger partial charge in [0.2, 0.25) is 0 Å². The predicted octanol–water partition coefficient (Wildman–Crippen LogP) is 3.61. The van der Waals surface area contributed by atoms with Gasteiger partial charge in [0.1, 0.15) is 0 Å². The number of nitrogens with zero attached hydrogens (tertiary/aromatic N) is 1. The fraction of sp³-hybridized carbons (Fsp3) is 0.647. The number of halogens is 1. The number of aliphatic hydroxyl groups excluding tert-OH is 1. The first-order valence-electron chi connectivity index (χ1n) is 8.04. The molecule has 1 heterocycles. The Morgan fingerprint density at radius 3 is 2.95 bits per heavy atom. The van der Waals surface area contributed by atoms with E-state index in [4.69, 9.17) is 11.6 Å². The molecule has 0 aliphatic carbocycles. The molecule has 1 aliphatic heterocycles. The van der Waals surface area contributed by atoms with Crippen molar-refractivity contribution in [3.63, 3.8) is 0 Å². The summed E-state index contributed by atoms with van der Waals surface area (Å²) in [5.74, 6) is 0.375. The SMILES string of the molecule is CCCNC(C)c1ccc(N2CCCC(CO)C2)c(Cl)c1. The molecular weight excluding hydrogens is 284 g/mol. The lowest BCUT2D eigenvalue weighted by molar-refractivity contribution is 0.209. The molecule has 0 spiro atoms. The zero-order valence-corrected chi connectivity index (χ0v) is 13.9. The molecule has 0 amide bonds. The summed E-state index contributed by atoms with van der Waals surface area (Å²) in [4.78, 5) is 2.31. The smallest absolute Gasteiger partial charge is 0.0642 e. The van der Waals surface area contributed by atoms with Crippen LogP contribution < -0.4 is 10.2 Å². The van der Waals surface area contributed by atoms with Crippen LogP contribution in [0.3, 0.4) is 0 Å². The Balaban J connectivity index is 2.08. The van der Waals surface area contributed by atoms with Crippen LogP contribution in [-0.2, 0) is 0 Å². The van der Waals surface area contributed by atoms with E-state index in [2.05, 4.69) is 42.3 Å². The van der Waals surface area contributed by atoms with Crippen molar-refractivity contribution in [3.8, 4) is 0 Å². The molecule has 1 aliphatic rings. The molecule has 1 fully saturated rings. The molecule has 0 radical (unpaired) electrons. The van der Waals surface area contributed by atoms with Crippen LogP contribution >= 0.6 is 11.6 Å². The van der Waals surface area contributed by atoms with Gasteiger partial charge in [-0.3, -0.25) is 0 Å². The van der Waals surface area contributed by atoms with Gasteiger partial charge in [-0.25, -0.2) is 0 Å². The lowest BCUT2D eigenvalue weighted by atomic mass is 9.98. The summed E-state index contributed by atoms with van der Waals surface area (Å²) < 4.78 is 0. The predicted molar refractivity (Wildman–Crippen MR) is 90.2 cm³/mol. The van der Waals surface area contributed by atoms with Gasteiger partial charge in [-0.15, -0.1) is 0 Å². The van der Waals surface area contributed by atoms with E-state index in [1.807, 2.05) is 0 Å². The average Bonchev–Trinajstić information content (AvgIpc) is 2.52. The normalized spacial score (nSPS) is 20.6. The van der Waals surface area contributed by atoms with Crippen LogP contribution in [0.4, 0.5) is 5.69 Å². The molecule has 2 N–H and O–H groups in total. The number of piperidine rings is 1. The van der Waals surface area contributed by atoms with E-state index < -0.39 is 0 Å². The molecule has 3 nitrogen and oxygen atoms in total. The summed E-state index contributed by atoms with van der Waals surface area (Å²) in [7, 11) is 0. The second-order valence-corrected chi connectivity index (χ2v) is 6.43. The van der Waals surface area contributed by atoms with Crippen LogP contribution in [0, 0.1) is 5.92 Å². The van der Waals surface area contributed by atoms with E-state index in [-0.39, 0.29) is 6.61 Å². The Kier molecular flexibility index (Phi) is 6.34. The lowest BCUT2D eigenvalue weighted by Gasteiger charge is -2.34. The topological polar surface area (TPSA) is 35.5 Å². The van der Waals surface area contributed by atoms with E-state index in [9.17, 15) is 5.11 Å². The van der Waals surface area contributed by atoms with E-state index in [1.165, 1.54) is 5.56 Å². The summed E-state index contributed by atoms with van der Waals surface area (Å²) >= 11 is 6.50. The Labute approximate surface area is 133 Å². The van der Waals surface area contributed by atoms with Crippen molar-refractivity contribution >= 4 is 17.3 Å². The molecule has 1 aromatic carbocycles. The molecule has 2 unspecified atom stereocenters. The Hall–Kier alpha value is -0.770. The van der Waals surface area contributed by atoms with E-state index in [0.717, 1.165) is 49.6 Å². The summed E-state index contributed by atoms with van der Waals surface area (Å²) in [6.07, 6.45) is 3.37. The molecule has 118 valence electrons. The van der Waals surface area contributed by atoms with Crippen LogP contribution in [0.1, 0.15) is 44.7 Å². The number of hydrogen-bond acceptors (Lipinski definition) is 3. The molecule has 21 heavy (non-hydrogen) atoms. The number of benzene rings is 1. The zero-order valence-electron chi connectivity index (χ0n) is 13.1. The highest BCUT2D eigenvalue weighted by atomic mass is 35.5. The highest BCUT2D eigenvalue weighted by molar-refractivity contribution is 6.33. The molecular formula is C17H27ClN2O. The molecule has 0 aromatic heterocycles. The number of hydrogen-bond donors (Lipinski definition) is 2. The third-order valence-electron chi connectivity index (χ3n) is 4.29. The third kappa shape index (κ3) is 4.35. The fourth-order valence-electron chi connectivity index (χ4n) is 2.96. The largest absolute Gasteiger partial charge is 0.396 e. The van der Waals surface area contributed by atoms with Gasteiger partial charge >= 0.3 is 0 Å². The summed E-state index contributed by atoms with van der Waals surface area (Å²) in [5, 5.41) is 13.7. The van der Waals surface area contributed by atoms with Crippen molar-refractivity contribution in [2.24, 2.45) is 5.92 Å². The monoisotopic (exact) mass is 310 g/mol. The molecule has 4 heteroatoms. The van der Waals surface area contributed by atoms with Gasteiger partial charge in [-0.05, 0) is 56.3 Å². The third-order valence-corrected chi connectivity index (χ3v) is 4.59. The average molecular weight is 311 g/mol. The minimum absolute atomic E-state index is 0.268. The molecule has 0 saturated carbocycles. The highest BCUT2D eigenvalue weighted by Gasteiger charge is 2.21. The van der Waals surface area contributed by atoms with Gasteiger partial charge in [0, 0.05) is 25.7 Å². The maximum absolute atomic E-state index is 9.36. The van der Waals surface area contributed by atoms with Crippen LogP contribution in [-0.4, -0.2) is 31.3 Å². The van der Waals surface area contributed by atoms with Crippen LogP contribution in [0.2, 0.25) is 5.02 Å². The molecule has 2 rings (SSSR count). The first-order valence-corrected chi connectivity index (χ1v) is 8.42. The second kappa shape index (κ2) is 8.02. The van der Waals surface area contributed by atoms with Crippen molar-refractivity contribution in [1.82, 2.24) is 5.32 Å². The number of nitrogens with one attached hydrogen (secondary N) is 1. The summed E-state index contributed by atoms with van der Waals surface area (Å²) in [6.45, 7) is 7.56. The maximum atomic E-state index is 9.36.